The molecule has 0 radical (unpaired) electrons. The largest absolute Gasteiger partial charge is 0.467 e. The molecule has 12 heavy (non-hydrogen) atoms. The van der Waals surface area contributed by atoms with Crippen LogP contribution >= 0.6 is 0 Å². The van der Waals surface area contributed by atoms with Crippen LogP contribution in [-0.4, -0.2) is 49.2 Å². The summed E-state index contributed by atoms with van der Waals surface area (Å²) in [4.78, 5) is 19.0. The maximum absolute atomic E-state index is 10.6. The lowest BCUT2D eigenvalue weighted by atomic mass is 10.2. The fourth-order valence-corrected chi connectivity index (χ4v) is 0.507. The summed E-state index contributed by atoms with van der Waals surface area (Å²) in [6.07, 6.45) is -2.96. The molecule has 0 saturated carbocycles. The van der Waals surface area contributed by atoms with Crippen molar-refractivity contribution in [3.05, 3.63) is 0 Å². The van der Waals surface area contributed by atoms with Crippen molar-refractivity contribution >= 4 is 5.97 Å². The third kappa shape index (κ3) is 3.63. The molecule has 0 saturated heterocycles. The zero-order chi connectivity index (χ0) is 9.56. The maximum atomic E-state index is 10.6. The molecule has 6 heteroatoms. The number of carbonyl (C=O) groups excluding carboxylic acids is 1. The molecule has 6 nitrogen and oxygen atoms in total. The Balaban J connectivity index is 3.75. The molecule has 0 rings (SSSR count). The second kappa shape index (κ2) is 5.90. The van der Waals surface area contributed by atoms with Gasteiger partial charge in [-0.2, -0.15) is 0 Å². The van der Waals surface area contributed by atoms with Crippen molar-refractivity contribution in [1.82, 2.24) is 0 Å². The zero-order valence-corrected chi connectivity index (χ0v) is 6.89. The van der Waals surface area contributed by atoms with Gasteiger partial charge in [0.2, 0.25) is 0 Å². The predicted molar refractivity (Wildman–Crippen MR) is 37.0 cm³/mol. The lowest BCUT2D eigenvalue weighted by Crippen LogP contribution is -2.37. The lowest BCUT2D eigenvalue weighted by Gasteiger charge is -2.13. The second-order valence-corrected chi connectivity index (χ2v) is 1.99. The van der Waals surface area contributed by atoms with Gasteiger partial charge in [0, 0.05) is 0 Å². The topological polar surface area (TPSA) is 85.2 Å². The van der Waals surface area contributed by atoms with Gasteiger partial charge in [-0.05, 0) is 0 Å². The summed E-state index contributed by atoms with van der Waals surface area (Å²) in [6, 6.07) is 0. The number of hydrogen-bond acceptors (Lipinski definition) is 6. The van der Waals surface area contributed by atoms with E-state index in [2.05, 4.69) is 14.5 Å². The summed E-state index contributed by atoms with van der Waals surface area (Å²) < 4.78 is 4.17. The van der Waals surface area contributed by atoms with Gasteiger partial charge in [0.05, 0.1) is 14.2 Å². The molecule has 0 aliphatic rings. The van der Waals surface area contributed by atoms with E-state index in [-0.39, 0.29) is 6.61 Å². The number of methoxy groups -OCH3 is 1. The van der Waals surface area contributed by atoms with Crippen molar-refractivity contribution in [2.45, 2.75) is 12.2 Å². The van der Waals surface area contributed by atoms with Crippen LogP contribution in [0.4, 0.5) is 0 Å². The smallest absolute Gasteiger partial charge is 0.337 e. The van der Waals surface area contributed by atoms with Crippen molar-refractivity contribution in [3.8, 4) is 0 Å². The van der Waals surface area contributed by atoms with Crippen molar-refractivity contribution in [2.75, 3.05) is 20.8 Å². The van der Waals surface area contributed by atoms with E-state index < -0.39 is 18.2 Å². The van der Waals surface area contributed by atoms with Gasteiger partial charge in [0.15, 0.2) is 6.10 Å². The number of ether oxygens (including phenoxy) is 1. The van der Waals surface area contributed by atoms with E-state index in [0.717, 1.165) is 7.11 Å². The van der Waals surface area contributed by atoms with Crippen LogP contribution in [0.3, 0.4) is 0 Å². The van der Waals surface area contributed by atoms with Gasteiger partial charge in [-0.25, -0.2) is 14.6 Å². The van der Waals surface area contributed by atoms with Crippen LogP contribution in [0.5, 0.6) is 0 Å². The van der Waals surface area contributed by atoms with Crippen molar-refractivity contribution in [2.24, 2.45) is 0 Å². The Kier molecular flexibility index (Phi) is 5.56. The summed E-state index contributed by atoms with van der Waals surface area (Å²) >= 11 is 0. The highest BCUT2D eigenvalue weighted by molar-refractivity contribution is 5.74. The average Bonchev–Trinajstić information content (AvgIpc) is 2.11. The first-order valence-corrected chi connectivity index (χ1v) is 3.23. The Hall–Kier alpha value is -0.690. The highest BCUT2D eigenvalue weighted by atomic mass is 17.2. The summed E-state index contributed by atoms with van der Waals surface area (Å²) in [6.45, 7) is -0.299. The molecule has 2 N–H and O–H groups in total. The van der Waals surface area contributed by atoms with Gasteiger partial charge in [0.25, 0.3) is 0 Å². The van der Waals surface area contributed by atoms with E-state index in [1.807, 2.05) is 0 Å². The van der Waals surface area contributed by atoms with Crippen molar-refractivity contribution in [3.63, 3.8) is 0 Å². The monoisotopic (exact) mass is 180 g/mol. The third-order valence-electron chi connectivity index (χ3n) is 1.16. The van der Waals surface area contributed by atoms with E-state index in [9.17, 15) is 4.79 Å². The number of hydrogen-bond donors (Lipinski definition) is 2. The molecule has 0 fully saturated rings. The van der Waals surface area contributed by atoms with Gasteiger partial charge in [-0.1, -0.05) is 0 Å². The predicted octanol–water partition coefficient (Wildman–Crippen LogP) is -1.54. The fourth-order valence-electron chi connectivity index (χ4n) is 0.507. The standard InChI is InChI=1S/C6H12O6/c1-10-6(9)5(8)4(7)3-12-11-2/h4-5,7-8H,3H2,1-2H3. The molecule has 72 valence electrons. The Labute approximate surface area is 69.6 Å². The van der Waals surface area contributed by atoms with Gasteiger partial charge < -0.3 is 14.9 Å². The molecule has 0 amide bonds. The first kappa shape index (κ1) is 11.3. The van der Waals surface area contributed by atoms with Crippen LogP contribution in [0.1, 0.15) is 0 Å². The second-order valence-electron chi connectivity index (χ2n) is 1.99. The number of rotatable bonds is 5. The molecular formula is C6H12O6. The van der Waals surface area contributed by atoms with Crippen molar-refractivity contribution < 1.29 is 29.5 Å². The highest BCUT2D eigenvalue weighted by Crippen LogP contribution is 1.96. The van der Waals surface area contributed by atoms with Gasteiger partial charge >= 0.3 is 5.97 Å². The molecule has 0 aromatic heterocycles. The van der Waals surface area contributed by atoms with Gasteiger partial charge in [-0.15, -0.1) is 0 Å². The van der Waals surface area contributed by atoms with E-state index >= 15 is 0 Å². The molecule has 2 unspecified atom stereocenters. The average molecular weight is 180 g/mol. The van der Waals surface area contributed by atoms with Crippen LogP contribution in [-0.2, 0) is 19.3 Å². The SMILES string of the molecule is COOCC(O)C(O)C(=O)OC. The fraction of sp³-hybridized carbons (Fsp3) is 0.833. The van der Waals surface area contributed by atoms with Crippen LogP contribution in [0, 0.1) is 0 Å². The minimum Gasteiger partial charge on any atom is -0.467 e. The molecule has 0 aromatic rings. The number of aliphatic hydroxyl groups is 2. The summed E-state index contributed by atoms with van der Waals surface area (Å²) in [5, 5.41) is 17.9. The van der Waals surface area contributed by atoms with E-state index in [4.69, 9.17) is 10.2 Å². The number of carbonyl (C=O) groups is 1. The third-order valence-corrected chi connectivity index (χ3v) is 1.16. The zero-order valence-electron chi connectivity index (χ0n) is 6.89. The quantitative estimate of drug-likeness (QED) is 0.303. The normalized spacial score (nSPS) is 15.3. The Morgan fingerprint density at radius 2 is 2.00 bits per heavy atom. The molecule has 0 bridgehead atoms. The van der Waals surface area contributed by atoms with E-state index in [1.165, 1.54) is 7.11 Å². The Bertz CT molecular complexity index is 136. The van der Waals surface area contributed by atoms with Crippen LogP contribution in [0.15, 0.2) is 0 Å². The van der Waals surface area contributed by atoms with E-state index in [1.54, 1.807) is 0 Å². The summed E-state index contributed by atoms with van der Waals surface area (Å²) in [5.41, 5.74) is 0. The van der Waals surface area contributed by atoms with Gasteiger partial charge in [0.1, 0.15) is 12.7 Å². The van der Waals surface area contributed by atoms with Crippen LogP contribution in [0.2, 0.25) is 0 Å². The van der Waals surface area contributed by atoms with Crippen LogP contribution in [0.25, 0.3) is 0 Å². The Morgan fingerprint density at radius 3 is 2.42 bits per heavy atom. The number of esters is 1. The molecule has 0 spiro atoms. The molecule has 0 aromatic carbocycles. The lowest BCUT2D eigenvalue weighted by molar-refractivity contribution is -0.288. The minimum absolute atomic E-state index is 0.299. The highest BCUT2D eigenvalue weighted by Gasteiger charge is 2.25. The molecule has 0 aliphatic carbocycles. The summed E-state index contributed by atoms with van der Waals surface area (Å²) in [7, 11) is 2.35. The molecular weight excluding hydrogens is 168 g/mol. The first-order valence-electron chi connectivity index (χ1n) is 3.23. The molecule has 0 aliphatic heterocycles. The van der Waals surface area contributed by atoms with Crippen LogP contribution < -0.4 is 0 Å². The minimum atomic E-state index is -1.61. The van der Waals surface area contributed by atoms with E-state index in [0.29, 0.717) is 0 Å². The summed E-state index contributed by atoms with van der Waals surface area (Å²) in [5.74, 6) is -0.915. The Morgan fingerprint density at radius 1 is 1.42 bits per heavy atom. The van der Waals surface area contributed by atoms with Gasteiger partial charge in [-0.3, -0.25) is 0 Å². The van der Waals surface area contributed by atoms with Crippen molar-refractivity contribution in [1.29, 1.82) is 0 Å². The molecule has 0 heterocycles. The molecule has 2 atom stereocenters. The maximum Gasteiger partial charge on any atom is 0.337 e. The first-order chi connectivity index (χ1) is 5.63. The number of aliphatic hydroxyl groups excluding tert-OH is 2.